The molecule has 1 amide bonds. The third kappa shape index (κ3) is 6.20. The third-order valence-electron chi connectivity index (χ3n) is 2.94. The van der Waals surface area contributed by atoms with Crippen molar-refractivity contribution < 1.29 is 4.79 Å². The molecule has 0 aliphatic heterocycles. The molecular weight excluding hydrogens is 307 g/mol. The Labute approximate surface area is 135 Å². The molecule has 3 nitrogen and oxygen atoms in total. The first-order valence-electron chi connectivity index (χ1n) is 6.93. The summed E-state index contributed by atoms with van der Waals surface area (Å²) in [6.07, 6.45) is 5.76. The lowest BCUT2D eigenvalue weighted by Crippen LogP contribution is -2.25. The molecule has 0 radical (unpaired) electrons. The summed E-state index contributed by atoms with van der Waals surface area (Å²) in [7, 11) is 0. The van der Waals surface area contributed by atoms with Gasteiger partial charge in [-0.15, -0.1) is 0 Å². The van der Waals surface area contributed by atoms with E-state index in [-0.39, 0.29) is 11.5 Å². The predicted molar refractivity (Wildman–Crippen MR) is 87.2 cm³/mol. The van der Waals surface area contributed by atoms with Crippen LogP contribution in [0.1, 0.15) is 38.2 Å². The molecule has 1 rings (SSSR count). The summed E-state index contributed by atoms with van der Waals surface area (Å²) in [5.74, 6) is -0.375. The van der Waals surface area contributed by atoms with Crippen molar-refractivity contribution in [2.75, 3.05) is 6.54 Å². The van der Waals surface area contributed by atoms with Gasteiger partial charge in [-0.25, -0.2) is 0 Å². The zero-order chi connectivity index (χ0) is 15.7. The Balaban J connectivity index is 2.67. The zero-order valence-corrected chi connectivity index (χ0v) is 13.5. The number of rotatable bonds is 7. The maximum atomic E-state index is 11.9. The van der Waals surface area contributed by atoms with E-state index < -0.39 is 0 Å². The minimum atomic E-state index is -0.375. The topological polar surface area (TPSA) is 52.9 Å². The normalized spacial score (nSPS) is 11.0. The van der Waals surface area contributed by atoms with Crippen LogP contribution >= 0.6 is 23.2 Å². The number of benzene rings is 1. The van der Waals surface area contributed by atoms with Crippen molar-refractivity contribution in [3.63, 3.8) is 0 Å². The average Bonchev–Trinajstić information content (AvgIpc) is 2.46. The van der Waals surface area contributed by atoms with Crippen LogP contribution in [0.4, 0.5) is 0 Å². The SMILES string of the molecule is CCCCCCNC(=O)C(C#N)=Cc1ccc(Cl)cc1Cl. The lowest BCUT2D eigenvalue weighted by molar-refractivity contribution is -0.117. The maximum Gasteiger partial charge on any atom is 0.261 e. The van der Waals surface area contributed by atoms with E-state index in [0.717, 1.165) is 25.7 Å². The fourth-order valence-electron chi connectivity index (χ4n) is 1.77. The van der Waals surface area contributed by atoms with Crippen LogP contribution in [0.2, 0.25) is 10.0 Å². The summed E-state index contributed by atoms with van der Waals surface area (Å²) in [6.45, 7) is 2.71. The molecule has 0 bridgehead atoms. The largest absolute Gasteiger partial charge is 0.351 e. The molecule has 0 spiro atoms. The zero-order valence-electron chi connectivity index (χ0n) is 12.0. The Morgan fingerprint density at radius 3 is 2.71 bits per heavy atom. The molecular formula is C16H18Cl2N2O. The van der Waals surface area contributed by atoms with Crippen molar-refractivity contribution in [1.82, 2.24) is 5.32 Å². The van der Waals surface area contributed by atoms with E-state index in [4.69, 9.17) is 28.5 Å². The second-order valence-corrected chi connectivity index (χ2v) is 5.50. The Morgan fingerprint density at radius 2 is 2.10 bits per heavy atom. The van der Waals surface area contributed by atoms with Crippen LogP contribution in [0.3, 0.4) is 0 Å². The summed E-state index contributed by atoms with van der Waals surface area (Å²) < 4.78 is 0. The van der Waals surface area contributed by atoms with Gasteiger partial charge in [-0.2, -0.15) is 5.26 Å². The van der Waals surface area contributed by atoms with Crippen LogP contribution in [0, 0.1) is 11.3 Å². The maximum absolute atomic E-state index is 11.9. The molecule has 5 heteroatoms. The van der Waals surface area contributed by atoms with Crippen LogP contribution in [0.25, 0.3) is 6.08 Å². The molecule has 0 heterocycles. The highest BCUT2D eigenvalue weighted by Gasteiger charge is 2.09. The van der Waals surface area contributed by atoms with Crippen LogP contribution in [-0.4, -0.2) is 12.5 Å². The number of hydrogen-bond acceptors (Lipinski definition) is 2. The predicted octanol–water partition coefficient (Wildman–Crippen LogP) is 4.60. The summed E-state index contributed by atoms with van der Waals surface area (Å²) in [6, 6.07) is 6.82. The molecule has 0 aliphatic rings. The second kappa shape index (κ2) is 9.44. The highest BCUT2D eigenvalue weighted by molar-refractivity contribution is 6.35. The highest BCUT2D eigenvalue weighted by Crippen LogP contribution is 2.23. The van der Waals surface area contributed by atoms with E-state index in [1.807, 2.05) is 6.07 Å². The van der Waals surface area contributed by atoms with Gasteiger partial charge in [0.15, 0.2) is 0 Å². The molecule has 0 fully saturated rings. The minimum absolute atomic E-state index is 0.0368. The number of hydrogen-bond donors (Lipinski definition) is 1. The van der Waals surface area contributed by atoms with Gasteiger partial charge in [-0.1, -0.05) is 55.5 Å². The number of halogens is 2. The summed E-state index contributed by atoms with van der Waals surface area (Å²) in [5.41, 5.74) is 0.633. The van der Waals surface area contributed by atoms with Crippen molar-refractivity contribution >= 4 is 35.2 Å². The summed E-state index contributed by atoms with van der Waals surface area (Å²) in [4.78, 5) is 11.9. The average molecular weight is 325 g/mol. The van der Waals surface area contributed by atoms with Crippen LogP contribution in [0.15, 0.2) is 23.8 Å². The Morgan fingerprint density at radius 1 is 1.33 bits per heavy atom. The van der Waals surface area contributed by atoms with Crippen molar-refractivity contribution in [1.29, 1.82) is 5.26 Å². The number of nitrogens with one attached hydrogen (secondary N) is 1. The standard InChI is InChI=1S/C16H18Cl2N2O/c1-2-3-4-5-8-20-16(21)13(11-19)9-12-6-7-14(17)10-15(12)18/h6-7,9-10H,2-5,8H2,1H3,(H,20,21). The fourth-order valence-corrected chi connectivity index (χ4v) is 2.23. The first-order chi connectivity index (χ1) is 10.1. The number of nitrogens with zero attached hydrogens (tertiary/aromatic N) is 1. The summed E-state index contributed by atoms with van der Waals surface area (Å²) in [5, 5.41) is 12.8. The molecule has 1 aromatic rings. The molecule has 0 atom stereocenters. The molecule has 1 aromatic carbocycles. The van der Waals surface area contributed by atoms with Gasteiger partial charge < -0.3 is 5.32 Å². The lowest BCUT2D eigenvalue weighted by atomic mass is 10.1. The van der Waals surface area contributed by atoms with Crippen LogP contribution in [0.5, 0.6) is 0 Å². The van der Waals surface area contributed by atoms with Gasteiger partial charge in [0.1, 0.15) is 11.6 Å². The molecule has 21 heavy (non-hydrogen) atoms. The van der Waals surface area contributed by atoms with Gasteiger partial charge in [-0.3, -0.25) is 4.79 Å². The molecule has 0 saturated carbocycles. The number of amides is 1. The highest BCUT2D eigenvalue weighted by atomic mass is 35.5. The van der Waals surface area contributed by atoms with Gasteiger partial charge in [0.05, 0.1) is 0 Å². The number of carbonyl (C=O) groups is 1. The van der Waals surface area contributed by atoms with Gasteiger partial charge in [0, 0.05) is 16.6 Å². The fraction of sp³-hybridized carbons (Fsp3) is 0.375. The number of nitriles is 1. The van der Waals surface area contributed by atoms with Crippen molar-refractivity contribution in [2.24, 2.45) is 0 Å². The molecule has 112 valence electrons. The van der Waals surface area contributed by atoms with Crippen molar-refractivity contribution in [2.45, 2.75) is 32.6 Å². The number of unbranched alkanes of at least 4 members (excludes halogenated alkanes) is 3. The van der Waals surface area contributed by atoms with Crippen LogP contribution < -0.4 is 5.32 Å². The minimum Gasteiger partial charge on any atom is -0.351 e. The summed E-state index contributed by atoms with van der Waals surface area (Å²) >= 11 is 11.8. The Hall–Kier alpha value is -1.50. The molecule has 1 N–H and O–H groups in total. The smallest absolute Gasteiger partial charge is 0.261 e. The van der Waals surface area contributed by atoms with Gasteiger partial charge in [-0.05, 0) is 30.2 Å². The van der Waals surface area contributed by atoms with E-state index in [1.54, 1.807) is 18.2 Å². The molecule has 0 saturated heterocycles. The monoisotopic (exact) mass is 324 g/mol. The molecule has 0 aromatic heterocycles. The quantitative estimate of drug-likeness (QED) is 0.452. The van der Waals surface area contributed by atoms with Gasteiger partial charge in [0.2, 0.25) is 0 Å². The van der Waals surface area contributed by atoms with E-state index in [9.17, 15) is 4.79 Å². The van der Waals surface area contributed by atoms with E-state index in [2.05, 4.69) is 12.2 Å². The second-order valence-electron chi connectivity index (χ2n) is 4.65. The van der Waals surface area contributed by atoms with E-state index >= 15 is 0 Å². The van der Waals surface area contributed by atoms with E-state index in [0.29, 0.717) is 22.2 Å². The van der Waals surface area contributed by atoms with E-state index in [1.165, 1.54) is 6.08 Å². The lowest BCUT2D eigenvalue weighted by Gasteiger charge is -2.04. The Bertz CT molecular complexity index is 562. The molecule has 0 aliphatic carbocycles. The third-order valence-corrected chi connectivity index (χ3v) is 3.51. The van der Waals surface area contributed by atoms with Crippen molar-refractivity contribution in [3.05, 3.63) is 39.4 Å². The Kier molecular flexibility index (Phi) is 7.89. The van der Waals surface area contributed by atoms with Crippen LogP contribution in [-0.2, 0) is 4.79 Å². The number of carbonyl (C=O) groups excluding carboxylic acids is 1. The first kappa shape index (κ1) is 17.6. The van der Waals surface area contributed by atoms with Gasteiger partial charge >= 0.3 is 0 Å². The first-order valence-corrected chi connectivity index (χ1v) is 7.69. The van der Waals surface area contributed by atoms with Gasteiger partial charge in [0.25, 0.3) is 5.91 Å². The molecule has 0 unspecified atom stereocenters. The van der Waals surface area contributed by atoms with Crippen molar-refractivity contribution in [3.8, 4) is 6.07 Å².